The van der Waals surface area contributed by atoms with Crippen molar-refractivity contribution < 1.29 is 7.65 Å². The first-order valence-corrected chi connectivity index (χ1v) is 9.45. The van der Waals surface area contributed by atoms with Gasteiger partial charge < -0.3 is 0 Å². The molecule has 0 radical (unpaired) electrons. The van der Waals surface area contributed by atoms with Crippen molar-refractivity contribution in [3.63, 3.8) is 0 Å². The van der Waals surface area contributed by atoms with E-state index in [-0.39, 0.29) is 12.0 Å². The Kier molecular flexibility index (Phi) is 3.15. The second-order valence-corrected chi connectivity index (χ2v) is 8.27. The number of allylic oxidation sites excluding steroid dienone is 1. The molecule has 0 spiro atoms. The number of hydrogen-bond donors (Lipinski definition) is 0. The molecule has 3 atom stereocenters. The molecular formula is C18H16O2Se. The Hall–Kier alpha value is -1.54. The fourth-order valence-electron chi connectivity index (χ4n) is 3.58. The molecule has 1 saturated heterocycles. The first-order valence-electron chi connectivity index (χ1n) is 7.20. The molecule has 106 valence electrons. The van der Waals surface area contributed by atoms with Crippen LogP contribution in [0, 0.1) is 5.92 Å². The van der Waals surface area contributed by atoms with E-state index >= 15 is 0 Å². The van der Waals surface area contributed by atoms with Gasteiger partial charge in [0, 0.05) is 0 Å². The average molecular weight is 343 g/mol. The van der Waals surface area contributed by atoms with E-state index < -0.39 is 18.5 Å². The number of hydrogen-bond acceptors (Lipinski definition) is 2. The monoisotopic (exact) mass is 344 g/mol. The van der Waals surface area contributed by atoms with Crippen molar-refractivity contribution in [3.05, 3.63) is 83.9 Å². The molecule has 4 rings (SSSR count). The average Bonchev–Trinajstić information content (AvgIpc) is 3.08. The third-order valence-corrected chi connectivity index (χ3v) is 8.06. The third kappa shape index (κ3) is 1.82. The maximum absolute atomic E-state index is 13.1. The van der Waals surface area contributed by atoms with Gasteiger partial charge >= 0.3 is 129 Å². The minimum atomic E-state index is -2.48. The second-order valence-electron chi connectivity index (χ2n) is 5.53. The van der Waals surface area contributed by atoms with Gasteiger partial charge in [0.1, 0.15) is 0 Å². The summed E-state index contributed by atoms with van der Waals surface area (Å²) in [6, 6.07) is 20.4. The van der Waals surface area contributed by atoms with Crippen molar-refractivity contribution in [2.45, 2.75) is 16.8 Å². The van der Waals surface area contributed by atoms with Gasteiger partial charge in [-0.05, 0) is 0 Å². The summed E-state index contributed by atoms with van der Waals surface area (Å²) in [6.07, 6.45) is 5.16. The van der Waals surface area contributed by atoms with E-state index in [9.17, 15) is 3.83 Å². The van der Waals surface area contributed by atoms with Crippen LogP contribution in [0.5, 0.6) is 0 Å². The Morgan fingerprint density at radius 3 is 2.10 bits per heavy atom. The maximum atomic E-state index is 13.1. The van der Waals surface area contributed by atoms with Crippen LogP contribution in [0.3, 0.4) is 0 Å². The molecule has 2 aliphatic rings. The van der Waals surface area contributed by atoms with Gasteiger partial charge in [-0.1, -0.05) is 0 Å². The van der Waals surface area contributed by atoms with Crippen LogP contribution in [0.4, 0.5) is 0 Å². The standard InChI is InChI=1S/C18H16O2Se/c19-21-18(14-8-3-1-4-9-14,15-10-5-2-6-11-15)16-12-7-13-17(16)20-21/h1-11,13,16-17H,12H2. The Bertz CT molecular complexity index is 654. The molecule has 0 saturated carbocycles. The fourth-order valence-corrected chi connectivity index (χ4v) is 7.12. The minimum absolute atomic E-state index is 0.00656. The van der Waals surface area contributed by atoms with E-state index in [4.69, 9.17) is 3.82 Å². The molecule has 0 amide bonds. The van der Waals surface area contributed by atoms with Gasteiger partial charge in [0.15, 0.2) is 0 Å². The van der Waals surface area contributed by atoms with Crippen LogP contribution in [0.1, 0.15) is 17.5 Å². The van der Waals surface area contributed by atoms with Crippen molar-refractivity contribution in [1.29, 1.82) is 0 Å². The third-order valence-electron chi connectivity index (χ3n) is 4.50. The summed E-state index contributed by atoms with van der Waals surface area (Å²) in [4.78, 5) is 0. The molecule has 2 aromatic rings. The van der Waals surface area contributed by atoms with Crippen LogP contribution < -0.4 is 0 Å². The molecule has 1 fully saturated rings. The van der Waals surface area contributed by atoms with Gasteiger partial charge in [-0.25, -0.2) is 0 Å². The number of rotatable bonds is 2. The summed E-state index contributed by atoms with van der Waals surface area (Å²) in [6.45, 7) is 0. The van der Waals surface area contributed by atoms with Crippen LogP contribution in [0.15, 0.2) is 72.8 Å². The zero-order valence-corrected chi connectivity index (χ0v) is 13.2. The summed E-state index contributed by atoms with van der Waals surface area (Å²) in [7, 11) is 0. The van der Waals surface area contributed by atoms with Gasteiger partial charge in [0.2, 0.25) is 0 Å². The van der Waals surface area contributed by atoms with Crippen LogP contribution in [0.2, 0.25) is 0 Å². The summed E-state index contributed by atoms with van der Waals surface area (Å²) in [5, 5.41) is 0. The summed E-state index contributed by atoms with van der Waals surface area (Å²) >= 11 is -2.48. The van der Waals surface area contributed by atoms with E-state index in [1.54, 1.807) is 0 Å². The summed E-state index contributed by atoms with van der Waals surface area (Å²) in [5.41, 5.74) is 2.24. The molecule has 2 nitrogen and oxygen atoms in total. The van der Waals surface area contributed by atoms with Gasteiger partial charge in [-0.3, -0.25) is 0 Å². The van der Waals surface area contributed by atoms with Crippen LogP contribution in [-0.4, -0.2) is 20.3 Å². The molecule has 3 heteroatoms. The summed E-state index contributed by atoms with van der Waals surface area (Å²) in [5.74, 6) is 0.241. The van der Waals surface area contributed by atoms with Gasteiger partial charge in [0.05, 0.1) is 0 Å². The molecule has 1 aliphatic carbocycles. The summed E-state index contributed by atoms with van der Waals surface area (Å²) < 4.78 is 18.5. The first-order chi connectivity index (χ1) is 10.3. The molecule has 0 aromatic heterocycles. The van der Waals surface area contributed by atoms with Gasteiger partial charge in [0.25, 0.3) is 0 Å². The van der Waals surface area contributed by atoms with Gasteiger partial charge in [-0.15, -0.1) is 0 Å². The van der Waals surface area contributed by atoms with Gasteiger partial charge in [-0.2, -0.15) is 0 Å². The second kappa shape index (κ2) is 5.03. The Labute approximate surface area is 128 Å². The van der Waals surface area contributed by atoms with Crippen molar-refractivity contribution in [1.82, 2.24) is 0 Å². The zero-order valence-electron chi connectivity index (χ0n) is 11.5. The van der Waals surface area contributed by atoms with E-state index in [0.717, 1.165) is 17.5 Å². The number of benzene rings is 2. The van der Waals surface area contributed by atoms with E-state index in [0.29, 0.717) is 0 Å². The predicted octanol–water partition coefficient (Wildman–Crippen LogP) is 3.41. The van der Waals surface area contributed by atoms with Crippen molar-refractivity contribution in [2.24, 2.45) is 5.92 Å². The van der Waals surface area contributed by atoms with Crippen molar-refractivity contribution in [3.8, 4) is 0 Å². The topological polar surface area (TPSA) is 26.3 Å². The van der Waals surface area contributed by atoms with Crippen LogP contribution >= 0.6 is 0 Å². The first kappa shape index (κ1) is 13.1. The van der Waals surface area contributed by atoms with Crippen molar-refractivity contribution >= 4 is 14.2 Å². The zero-order chi connectivity index (χ0) is 14.3. The molecular weight excluding hydrogens is 327 g/mol. The van der Waals surface area contributed by atoms with E-state index in [1.165, 1.54) is 0 Å². The predicted molar refractivity (Wildman–Crippen MR) is 82.2 cm³/mol. The Morgan fingerprint density at radius 1 is 0.952 bits per heavy atom. The molecule has 1 heterocycles. The van der Waals surface area contributed by atoms with E-state index in [2.05, 4.69) is 36.4 Å². The van der Waals surface area contributed by atoms with Crippen molar-refractivity contribution in [2.75, 3.05) is 0 Å². The van der Waals surface area contributed by atoms with Crippen LogP contribution in [0.25, 0.3) is 0 Å². The normalized spacial score (nSPS) is 29.4. The number of fused-ring (bicyclic) bond motifs is 1. The molecule has 1 aliphatic heterocycles. The Balaban J connectivity index is 1.98. The molecule has 21 heavy (non-hydrogen) atoms. The molecule has 0 N–H and O–H groups in total. The molecule has 3 unspecified atom stereocenters. The molecule has 0 bridgehead atoms. The van der Waals surface area contributed by atoms with E-state index in [1.807, 2.05) is 36.4 Å². The SMILES string of the molecule is O=[Se]1OC2C=CCC2C1(c1ccccc1)c1ccccc1. The quantitative estimate of drug-likeness (QED) is 0.617. The Morgan fingerprint density at radius 2 is 1.52 bits per heavy atom. The fraction of sp³-hybridized carbons (Fsp3) is 0.222. The molecule has 2 aromatic carbocycles. The van der Waals surface area contributed by atoms with Crippen LogP contribution in [-0.2, 0) is 12.0 Å².